The maximum absolute atomic E-state index is 13.2. The Hall–Kier alpha value is -3.45. The standard InChI is InChI=1S/C23H24N4O3/c1-13(12-27(2)3)24-23(29)16-7-10-20(30-4)15-6-9-18-22(21(15)16)26-19-11-14(28)5-8-17(19)25-18/h5-11,13,28H,12H2,1-4H3,(H,24,29)/t13-/m1/s1. The number of carbonyl (C=O) groups excluding carboxylic acids is 1. The molecule has 1 amide bonds. The Morgan fingerprint density at radius 3 is 2.60 bits per heavy atom. The van der Waals surface area contributed by atoms with E-state index in [1.165, 1.54) is 0 Å². The van der Waals surface area contributed by atoms with Crippen LogP contribution in [0.2, 0.25) is 0 Å². The number of phenolic OH excluding ortho intramolecular Hbond substituents is 1. The number of nitrogens with one attached hydrogen (secondary N) is 1. The Morgan fingerprint density at radius 2 is 1.87 bits per heavy atom. The molecule has 0 aliphatic rings. The number of amides is 1. The normalized spacial score (nSPS) is 12.6. The first-order valence-electron chi connectivity index (χ1n) is 9.73. The van der Waals surface area contributed by atoms with Gasteiger partial charge in [-0.25, -0.2) is 9.97 Å². The summed E-state index contributed by atoms with van der Waals surface area (Å²) in [5.41, 5.74) is 3.01. The third-order valence-electron chi connectivity index (χ3n) is 5.01. The summed E-state index contributed by atoms with van der Waals surface area (Å²) in [4.78, 5) is 24.6. The van der Waals surface area contributed by atoms with Crippen LogP contribution in [0.15, 0.2) is 42.5 Å². The molecule has 0 aliphatic heterocycles. The molecule has 0 aliphatic carbocycles. The number of aromatic hydroxyl groups is 1. The van der Waals surface area contributed by atoms with Gasteiger partial charge in [0, 0.05) is 35.0 Å². The SMILES string of the molecule is COc1ccc(C(=O)N[C@H](C)CN(C)C)c2c1ccc1nc3ccc(O)cc3nc12. The lowest BCUT2D eigenvalue weighted by Gasteiger charge is -2.19. The molecule has 154 valence electrons. The Bertz CT molecular complexity index is 1270. The molecule has 7 nitrogen and oxygen atoms in total. The number of hydrogen-bond acceptors (Lipinski definition) is 6. The third-order valence-corrected chi connectivity index (χ3v) is 5.01. The van der Waals surface area contributed by atoms with Gasteiger partial charge in [-0.1, -0.05) is 0 Å². The minimum atomic E-state index is -0.178. The smallest absolute Gasteiger partial charge is 0.252 e. The van der Waals surface area contributed by atoms with E-state index in [2.05, 4.69) is 10.3 Å². The first kappa shape index (κ1) is 19.8. The van der Waals surface area contributed by atoms with Gasteiger partial charge in [0.15, 0.2) is 0 Å². The number of fused-ring (bicyclic) bond motifs is 4. The number of phenols is 1. The second kappa shape index (κ2) is 7.76. The summed E-state index contributed by atoms with van der Waals surface area (Å²) in [6.45, 7) is 2.70. The van der Waals surface area contributed by atoms with Crippen LogP contribution in [0.5, 0.6) is 11.5 Å². The maximum Gasteiger partial charge on any atom is 0.252 e. The molecule has 4 aromatic rings. The van der Waals surface area contributed by atoms with Gasteiger partial charge < -0.3 is 20.1 Å². The fourth-order valence-corrected chi connectivity index (χ4v) is 3.80. The largest absolute Gasteiger partial charge is 0.508 e. The quantitative estimate of drug-likeness (QED) is 0.392. The molecule has 0 saturated heterocycles. The van der Waals surface area contributed by atoms with Crippen LogP contribution >= 0.6 is 0 Å². The number of rotatable bonds is 5. The molecular formula is C23H24N4O3. The monoisotopic (exact) mass is 404 g/mol. The Kier molecular flexibility index (Phi) is 5.13. The van der Waals surface area contributed by atoms with Crippen molar-refractivity contribution in [3.8, 4) is 11.5 Å². The molecule has 30 heavy (non-hydrogen) atoms. The minimum Gasteiger partial charge on any atom is -0.508 e. The molecule has 2 N–H and O–H groups in total. The third kappa shape index (κ3) is 3.59. The lowest BCUT2D eigenvalue weighted by atomic mass is 10.0. The van der Waals surface area contributed by atoms with Crippen molar-refractivity contribution in [2.24, 2.45) is 0 Å². The topological polar surface area (TPSA) is 87.6 Å². The number of nitrogens with zero attached hydrogens (tertiary/aromatic N) is 3. The van der Waals surface area contributed by atoms with Crippen LogP contribution in [-0.4, -0.2) is 59.7 Å². The van der Waals surface area contributed by atoms with Crippen molar-refractivity contribution in [2.75, 3.05) is 27.7 Å². The Morgan fingerprint density at radius 1 is 1.10 bits per heavy atom. The highest BCUT2D eigenvalue weighted by Crippen LogP contribution is 2.34. The molecule has 0 fully saturated rings. The van der Waals surface area contributed by atoms with Gasteiger partial charge in [0.2, 0.25) is 0 Å². The maximum atomic E-state index is 13.2. The zero-order valence-electron chi connectivity index (χ0n) is 17.4. The first-order valence-corrected chi connectivity index (χ1v) is 9.73. The van der Waals surface area contributed by atoms with E-state index in [4.69, 9.17) is 9.72 Å². The van der Waals surface area contributed by atoms with Crippen LogP contribution < -0.4 is 10.1 Å². The average molecular weight is 404 g/mol. The molecular weight excluding hydrogens is 380 g/mol. The second-order valence-corrected chi connectivity index (χ2v) is 7.70. The van der Waals surface area contributed by atoms with Gasteiger partial charge in [0.1, 0.15) is 11.5 Å². The Balaban J connectivity index is 1.96. The summed E-state index contributed by atoms with van der Waals surface area (Å²) in [6.07, 6.45) is 0. The molecule has 0 saturated carbocycles. The molecule has 1 heterocycles. The van der Waals surface area contributed by atoms with Crippen molar-refractivity contribution in [2.45, 2.75) is 13.0 Å². The van der Waals surface area contributed by atoms with Gasteiger partial charge in [0.05, 0.1) is 29.2 Å². The van der Waals surface area contributed by atoms with Crippen LogP contribution in [0.3, 0.4) is 0 Å². The van der Waals surface area contributed by atoms with Crippen molar-refractivity contribution in [3.05, 3.63) is 48.0 Å². The van der Waals surface area contributed by atoms with Crippen molar-refractivity contribution >= 4 is 38.7 Å². The van der Waals surface area contributed by atoms with Crippen LogP contribution in [0.25, 0.3) is 32.8 Å². The number of benzene rings is 3. The van der Waals surface area contributed by atoms with Gasteiger partial charge in [-0.3, -0.25) is 4.79 Å². The highest BCUT2D eigenvalue weighted by atomic mass is 16.5. The number of likely N-dealkylation sites (N-methyl/N-ethyl adjacent to an activating group) is 1. The zero-order valence-corrected chi connectivity index (χ0v) is 17.4. The van der Waals surface area contributed by atoms with E-state index in [9.17, 15) is 9.90 Å². The predicted molar refractivity (Wildman–Crippen MR) is 118 cm³/mol. The summed E-state index contributed by atoms with van der Waals surface area (Å²) in [7, 11) is 5.53. The molecule has 1 atom stereocenters. The van der Waals surface area contributed by atoms with E-state index in [0.29, 0.717) is 38.8 Å². The molecule has 0 bridgehead atoms. The van der Waals surface area contributed by atoms with Gasteiger partial charge in [0.25, 0.3) is 5.91 Å². The summed E-state index contributed by atoms with van der Waals surface area (Å²) in [6, 6.07) is 12.2. The Labute approximate surface area is 174 Å². The van der Waals surface area contributed by atoms with Crippen molar-refractivity contribution in [1.29, 1.82) is 0 Å². The lowest BCUT2D eigenvalue weighted by Crippen LogP contribution is -2.39. The van der Waals surface area contributed by atoms with Crippen LogP contribution in [0.1, 0.15) is 17.3 Å². The van der Waals surface area contributed by atoms with Gasteiger partial charge in [-0.05, 0) is 57.4 Å². The van der Waals surface area contributed by atoms with Crippen LogP contribution in [0.4, 0.5) is 0 Å². The predicted octanol–water partition coefficient (Wildman–Crippen LogP) is 3.33. The molecule has 7 heteroatoms. The van der Waals surface area contributed by atoms with Crippen LogP contribution in [-0.2, 0) is 0 Å². The number of carbonyl (C=O) groups is 1. The molecule has 0 spiro atoms. The zero-order chi connectivity index (χ0) is 21.4. The summed E-state index contributed by atoms with van der Waals surface area (Å²) >= 11 is 0. The van der Waals surface area contributed by atoms with E-state index in [1.807, 2.05) is 38.1 Å². The van der Waals surface area contributed by atoms with Crippen LogP contribution in [0, 0.1) is 0 Å². The van der Waals surface area contributed by atoms with Gasteiger partial charge in [-0.2, -0.15) is 0 Å². The van der Waals surface area contributed by atoms with E-state index in [-0.39, 0.29) is 17.7 Å². The van der Waals surface area contributed by atoms with Crippen molar-refractivity contribution in [1.82, 2.24) is 20.2 Å². The van der Waals surface area contributed by atoms with E-state index < -0.39 is 0 Å². The molecule has 0 unspecified atom stereocenters. The number of methoxy groups -OCH3 is 1. The number of aromatic nitrogens is 2. The van der Waals surface area contributed by atoms with E-state index >= 15 is 0 Å². The van der Waals surface area contributed by atoms with E-state index in [1.54, 1.807) is 37.4 Å². The number of ether oxygens (including phenoxy) is 1. The summed E-state index contributed by atoms with van der Waals surface area (Å²) in [5, 5.41) is 14.4. The molecule has 3 aromatic carbocycles. The highest BCUT2D eigenvalue weighted by molar-refractivity contribution is 6.18. The van der Waals surface area contributed by atoms with Gasteiger partial charge >= 0.3 is 0 Å². The summed E-state index contributed by atoms with van der Waals surface area (Å²) < 4.78 is 5.52. The lowest BCUT2D eigenvalue weighted by molar-refractivity contribution is 0.0936. The fourth-order valence-electron chi connectivity index (χ4n) is 3.80. The molecule has 4 rings (SSSR count). The second-order valence-electron chi connectivity index (χ2n) is 7.70. The fraction of sp³-hybridized carbons (Fsp3) is 0.261. The highest BCUT2D eigenvalue weighted by Gasteiger charge is 2.19. The van der Waals surface area contributed by atoms with Gasteiger partial charge in [-0.15, -0.1) is 0 Å². The number of hydrogen-bond donors (Lipinski definition) is 2. The van der Waals surface area contributed by atoms with Crippen molar-refractivity contribution in [3.63, 3.8) is 0 Å². The minimum absolute atomic E-state index is 0.0245. The molecule has 0 radical (unpaired) electrons. The van der Waals surface area contributed by atoms with Crippen molar-refractivity contribution < 1.29 is 14.6 Å². The van der Waals surface area contributed by atoms with E-state index in [0.717, 1.165) is 11.9 Å². The summed E-state index contributed by atoms with van der Waals surface area (Å²) in [5.74, 6) is 0.592. The first-order chi connectivity index (χ1) is 14.4. The average Bonchev–Trinajstić information content (AvgIpc) is 2.70. The molecule has 1 aromatic heterocycles.